The third-order valence-corrected chi connectivity index (χ3v) is 3.39. The Morgan fingerprint density at radius 3 is 2.78 bits per heavy atom. The molecule has 0 saturated carbocycles. The lowest BCUT2D eigenvalue weighted by Gasteiger charge is -2.29. The lowest BCUT2D eigenvalue weighted by Crippen LogP contribution is -2.28. The molecule has 1 aliphatic rings. The summed E-state index contributed by atoms with van der Waals surface area (Å²) in [5, 5.41) is 0. The van der Waals surface area contributed by atoms with Crippen molar-refractivity contribution in [3.63, 3.8) is 0 Å². The topological polar surface area (TPSA) is 55.8 Å². The Labute approximate surface area is 133 Å². The molecular formula is C17H16FNO4. The monoisotopic (exact) mass is 317 g/mol. The minimum atomic E-state index is -0.602. The molecule has 0 aliphatic carbocycles. The van der Waals surface area contributed by atoms with Crippen LogP contribution in [0.5, 0.6) is 0 Å². The number of fused-ring (bicyclic) bond motifs is 1. The highest BCUT2D eigenvalue weighted by atomic mass is 19.1. The number of hydrogen-bond acceptors (Lipinski definition) is 5. The second kappa shape index (κ2) is 6.94. The fourth-order valence-corrected chi connectivity index (χ4v) is 2.36. The maximum absolute atomic E-state index is 13.9. The fraction of sp³-hybridized carbons (Fsp3) is 0.235. The minimum Gasteiger partial charge on any atom is -0.501 e. The lowest BCUT2D eigenvalue weighted by molar-refractivity contribution is -0.136. The molecule has 5 nitrogen and oxygen atoms in total. The van der Waals surface area contributed by atoms with Gasteiger partial charge in [0.2, 0.25) is 0 Å². The second-order valence-corrected chi connectivity index (χ2v) is 4.75. The predicted molar refractivity (Wildman–Crippen MR) is 84.7 cm³/mol. The normalized spacial score (nSPS) is 13.5. The van der Waals surface area contributed by atoms with Crippen LogP contribution in [0.1, 0.15) is 18.1 Å². The summed E-state index contributed by atoms with van der Waals surface area (Å²) in [5.41, 5.74) is 1.58. The zero-order chi connectivity index (χ0) is 17.0. The summed E-state index contributed by atoms with van der Waals surface area (Å²) in [6, 6.07) is 2.53. The molecule has 0 radical (unpaired) electrons. The summed E-state index contributed by atoms with van der Waals surface area (Å²) in [6.07, 6.45) is 4.34. The standard InChI is InChI=1S/C17H16FNO4/c1-4-23-6-5-11-7-13(18)9-14-12(10-20)8-15(17(21)22-3)19(2)16(11)14/h5-9H,4H2,1-3H3/b6-5+. The number of rotatable bonds is 4. The van der Waals surface area contributed by atoms with Gasteiger partial charge in [0.15, 0.2) is 0 Å². The summed E-state index contributed by atoms with van der Waals surface area (Å²) >= 11 is 0. The molecule has 0 atom stereocenters. The number of anilines is 1. The first-order chi connectivity index (χ1) is 11.0. The van der Waals surface area contributed by atoms with Crippen LogP contribution in [0.15, 0.2) is 30.2 Å². The van der Waals surface area contributed by atoms with E-state index in [1.165, 1.54) is 31.6 Å². The highest BCUT2D eigenvalue weighted by Gasteiger charge is 2.28. The molecule has 0 amide bonds. The summed E-state index contributed by atoms with van der Waals surface area (Å²) in [6.45, 7) is 2.29. The number of esters is 1. The van der Waals surface area contributed by atoms with Crippen LogP contribution < -0.4 is 4.90 Å². The minimum absolute atomic E-state index is 0.0871. The molecule has 0 fully saturated rings. The van der Waals surface area contributed by atoms with E-state index in [0.717, 1.165) is 0 Å². The largest absolute Gasteiger partial charge is 0.501 e. The van der Waals surface area contributed by atoms with Crippen molar-refractivity contribution in [3.8, 4) is 0 Å². The molecule has 120 valence electrons. The molecule has 6 heteroatoms. The average Bonchev–Trinajstić information content (AvgIpc) is 2.54. The van der Waals surface area contributed by atoms with E-state index in [1.54, 1.807) is 24.0 Å². The molecule has 0 bridgehead atoms. The van der Waals surface area contributed by atoms with Gasteiger partial charge >= 0.3 is 5.97 Å². The first-order valence-corrected chi connectivity index (χ1v) is 6.94. The number of halogens is 1. The summed E-state index contributed by atoms with van der Waals surface area (Å²) in [5.74, 6) is 0.640. The predicted octanol–water partition coefficient (Wildman–Crippen LogP) is 2.55. The fourth-order valence-electron chi connectivity index (χ4n) is 2.36. The third kappa shape index (κ3) is 3.17. The van der Waals surface area contributed by atoms with Gasteiger partial charge in [-0.05, 0) is 31.2 Å². The number of allylic oxidation sites excluding steroid dienone is 2. The van der Waals surface area contributed by atoms with Crippen LogP contribution in [0.3, 0.4) is 0 Å². The Morgan fingerprint density at radius 2 is 2.17 bits per heavy atom. The first kappa shape index (κ1) is 16.5. The van der Waals surface area contributed by atoms with Crippen LogP contribution in [0, 0.1) is 5.82 Å². The summed E-state index contributed by atoms with van der Waals surface area (Å²) < 4.78 is 23.7. The molecule has 0 spiro atoms. The number of benzene rings is 1. The zero-order valence-electron chi connectivity index (χ0n) is 13.1. The van der Waals surface area contributed by atoms with Crippen molar-refractivity contribution in [2.75, 3.05) is 25.7 Å². The molecule has 1 aromatic carbocycles. The molecule has 1 aliphatic heterocycles. The molecule has 2 rings (SSSR count). The Hall–Kier alpha value is -2.85. The number of nitrogens with zero attached hydrogens (tertiary/aromatic N) is 1. The van der Waals surface area contributed by atoms with Crippen LogP contribution >= 0.6 is 0 Å². The van der Waals surface area contributed by atoms with E-state index in [0.29, 0.717) is 23.4 Å². The molecular weight excluding hydrogens is 301 g/mol. The highest BCUT2D eigenvalue weighted by Crippen LogP contribution is 2.38. The Kier molecular flexibility index (Phi) is 4.98. The van der Waals surface area contributed by atoms with Gasteiger partial charge in [-0.1, -0.05) is 0 Å². The van der Waals surface area contributed by atoms with E-state index in [2.05, 4.69) is 0 Å². The van der Waals surface area contributed by atoms with Gasteiger partial charge in [-0.2, -0.15) is 0 Å². The van der Waals surface area contributed by atoms with Crippen molar-refractivity contribution in [3.05, 3.63) is 47.1 Å². The van der Waals surface area contributed by atoms with Crippen molar-refractivity contribution >= 4 is 29.2 Å². The number of carbonyl (C=O) groups is 1. The highest BCUT2D eigenvalue weighted by molar-refractivity contribution is 6.08. The molecule has 1 aromatic rings. The molecule has 0 unspecified atom stereocenters. The number of hydrogen-bond donors (Lipinski definition) is 0. The SMILES string of the molecule is CCO/C=C/c1cc(F)cc2c1N(C)C(C(=O)OC)=CC2=C=O. The summed E-state index contributed by atoms with van der Waals surface area (Å²) in [7, 11) is 2.89. The molecule has 1 heterocycles. The third-order valence-electron chi connectivity index (χ3n) is 3.39. The Balaban J connectivity index is 2.66. The van der Waals surface area contributed by atoms with E-state index in [-0.39, 0.29) is 11.3 Å². The lowest BCUT2D eigenvalue weighted by atomic mass is 9.95. The smallest absolute Gasteiger partial charge is 0.354 e. The maximum atomic E-state index is 13.9. The second-order valence-electron chi connectivity index (χ2n) is 4.75. The Morgan fingerprint density at radius 1 is 1.43 bits per heavy atom. The van der Waals surface area contributed by atoms with Crippen molar-refractivity contribution < 1.29 is 23.5 Å². The summed E-state index contributed by atoms with van der Waals surface area (Å²) in [4.78, 5) is 24.7. The first-order valence-electron chi connectivity index (χ1n) is 6.94. The van der Waals surface area contributed by atoms with E-state index in [9.17, 15) is 14.0 Å². The van der Waals surface area contributed by atoms with Crippen LogP contribution in [0.25, 0.3) is 11.6 Å². The number of ether oxygens (including phenoxy) is 2. The number of likely N-dealkylation sites (N-methyl/N-ethyl adjacent to an activating group) is 1. The Bertz CT molecular complexity index is 745. The van der Waals surface area contributed by atoms with Crippen molar-refractivity contribution in [2.24, 2.45) is 0 Å². The van der Waals surface area contributed by atoms with Gasteiger partial charge < -0.3 is 14.4 Å². The number of methoxy groups -OCH3 is 1. The van der Waals surface area contributed by atoms with Crippen LogP contribution in [0.2, 0.25) is 0 Å². The van der Waals surface area contributed by atoms with Gasteiger partial charge in [-0.25, -0.2) is 14.0 Å². The van der Waals surface area contributed by atoms with Crippen molar-refractivity contribution in [1.29, 1.82) is 0 Å². The van der Waals surface area contributed by atoms with E-state index in [4.69, 9.17) is 9.47 Å². The van der Waals surface area contributed by atoms with Gasteiger partial charge in [0.1, 0.15) is 17.5 Å². The molecule has 0 N–H and O–H groups in total. The average molecular weight is 317 g/mol. The molecule has 0 aromatic heterocycles. The van der Waals surface area contributed by atoms with Gasteiger partial charge in [-0.15, -0.1) is 0 Å². The van der Waals surface area contributed by atoms with Crippen LogP contribution in [-0.2, 0) is 19.1 Å². The quantitative estimate of drug-likeness (QED) is 0.485. The van der Waals surface area contributed by atoms with Gasteiger partial charge in [0.05, 0.1) is 31.2 Å². The number of carbonyl (C=O) groups excluding carboxylic acids is 2. The van der Waals surface area contributed by atoms with E-state index in [1.807, 2.05) is 6.92 Å². The van der Waals surface area contributed by atoms with Gasteiger partial charge in [0, 0.05) is 18.2 Å². The van der Waals surface area contributed by atoms with Crippen molar-refractivity contribution in [2.45, 2.75) is 6.92 Å². The maximum Gasteiger partial charge on any atom is 0.354 e. The molecule has 23 heavy (non-hydrogen) atoms. The van der Waals surface area contributed by atoms with E-state index >= 15 is 0 Å². The van der Waals surface area contributed by atoms with Crippen LogP contribution in [-0.4, -0.2) is 32.7 Å². The van der Waals surface area contributed by atoms with Crippen molar-refractivity contribution in [1.82, 2.24) is 0 Å². The van der Waals surface area contributed by atoms with Gasteiger partial charge in [-0.3, -0.25) is 0 Å². The zero-order valence-corrected chi connectivity index (χ0v) is 13.1. The van der Waals surface area contributed by atoms with E-state index < -0.39 is 11.8 Å². The van der Waals surface area contributed by atoms with Crippen LogP contribution in [0.4, 0.5) is 10.1 Å². The molecule has 0 saturated heterocycles. The van der Waals surface area contributed by atoms with Gasteiger partial charge in [0.25, 0.3) is 0 Å².